The lowest BCUT2D eigenvalue weighted by atomic mass is 10.0. The maximum Gasteiger partial charge on any atom is 0.336 e. The Bertz CT molecular complexity index is 426. The minimum Gasteiger partial charge on any atom is -0.478 e. The zero-order chi connectivity index (χ0) is 10.7. The van der Waals surface area contributed by atoms with E-state index in [2.05, 4.69) is 12.6 Å². The van der Waals surface area contributed by atoms with Crippen molar-refractivity contribution < 1.29 is 9.90 Å². The van der Waals surface area contributed by atoms with E-state index in [0.29, 0.717) is 10.5 Å². The molecule has 0 unspecified atom stereocenters. The predicted octanol–water partition coefficient (Wildman–Crippen LogP) is 2.28. The molecule has 3 nitrogen and oxygen atoms in total. The van der Waals surface area contributed by atoms with Crippen molar-refractivity contribution in [1.82, 2.24) is 0 Å². The first-order chi connectivity index (χ1) is 6.61. The van der Waals surface area contributed by atoms with Gasteiger partial charge in [0.1, 0.15) is 6.07 Å². The fraction of sp³-hybridized carbons (Fsp3) is 0.111. The van der Waals surface area contributed by atoms with Gasteiger partial charge in [0.25, 0.3) is 0 Å². The first kappa shape index (κ1) is 10.9. The maximum absolute atomic E-state index is 10.8. The number of thiol groups is 1. The van der Waals surface area contributed by atoms with Gasteiger partial charge in [-0.05, 0) is 12.1 Å². The summed E-state index contributed by atoms with van der Waals surface area (Å²) in [7, 11) is 0. The normalized spacial score (nSPS) is 9.50. The van der Waals surface area contributed by atoms with Crippen molar-refractivity contribution in [3.63, 3.8) is 0 Å². The Morgan fingerprint density at radius 2 is 2.29 bits per heavy atom. The average molecular weight is 228 g/mol. The molecule has 0 amide bonds. The van der Waals surface area contributed by atoms with Gasteiger partial charge in [-0.1, -0.05) is 0 Å². The number of aromatic carboxylic acids is 1. The number of hydrogen-bond donors (Lipinski definition) is 2. The molecule has 72 valence electrons. The second-order valence-corrected chi connectivity index (χ2v) is 3.29. The minimum atomic E-state index is -1.09. The van der Waals surface area contributed by atoms with E-state index in [1.807, 2.05) is 6.07 Å². The van der Waals surface area contributed by atoms with Crippen molar-refractivity contribution in [3.05, 3.63) is 28.8 Å². The second kappa shape index (κ2) is 4.36. The molecule has 1 N–H and O–H groups in total. The molecular weight excluding hydrogens is 222 g/mol. The summed E-state index contributed by atoms with van der Waals surface area (Å²) in [5.41, 5.74) is 0.590. The van der Waals surface area contributed by atoms with E-state index in [1.54, 1.807) is 0 Å². The number of alkyl halides is 1. The Hall–Kier alpha value is -1.18. The summed E-state index contributed by atoms with van der Waals surface area (Å²) in [5, 5.41) is 17.6. The van der Waals surface area contributed by atoms with Crippen LogP contribution in [0.2, 0.25) is 0 Å². The van der Waals surface area contributed by atoms with Crippen LogP contribution in [0.5, 0.6) is 0 Å². The van der Waals surface area contributed by atoms with Gasteiger partial charge in [-0.2, -0.15) is 5.26 Å². The molecule has 0 fully saturated rings. The highest BCUT2D eigenvalue weighted by Gasteiger charge is 2.15. The van der Waals surface area contributed by atoms with E-state index in [1.165, 1.54) is 12.1 Å². The van der Waals surface area contributed by atoms with Crippen LogP contribution in [0.3, 0.4) is 0 Å². The first-order valence-electron chi connectivity index (χ1n) is 3.66. The summed E-state index contributed by atoms with van der Waals surface area (Å²) in [6, 6.07) is 4.75. The Morgan fingerprint density at radius 1 is 1.64 bits per heavy atom. The molecule has 0 aliphatic rings. The number of carbonyl (C=O) groups is 1. The first-order valence-corrected chi connectivity index (χ1v) is 4.64. The average Bonchev–Trinajstić information content (AvgIpc) is 2.16. The van der Waals surface area contributed by atoms with Crippen LogP contribution in [0.1, 0.15) is 21.5 Å². The number of rotatable bonds is 2. The number of carboxylic acids is 1. The zero-order valence-corrected chi connectivity index (χ0v) is 8.64. The van der Waals surface area contributed by atoms with Crippen LogP contribution in [0, 0.1) is 11.3 Å². The molecule has 0 aromatic heterocycles. The Kier molecular flexibility index (Phi) is 3.39. The highest BCUT2D eigenvalue weighted by atomic mass is 35.5. The van der Waals surface area contributed by atoms with Crippen LogP contribution < -0.4 is 0 Å². The summed E-state index contributed by atoms with van der Waals surface area (Å²) < 4.78 is 0. The number of nitrogens with zero attached hydrogens (tertiary/aromatic N) is 1. The molecule has 0 saturated heterocycles. The summed E-state index contributed by atoms with van der Waals surface area (Å²) in [6.07, 6.45) is 0. The molecule has 5 heteroatoms. The van der Waals surface area contributed by atoms with Crippen LogP contribution in [0.4, 0.5) is 0 Å². The van der Waals surface area contributed by atoms with Gasteiger partial charge in [0, 0.05) is 16.3 Å². The lowest BCUT2D eigenvalue weighted by molar-refractivity contribution is 0.0696. The maximum atomic E-state index is 10.8. The second-order valence-electron chi connectivity index (χ2n) is 2.54. The van der Waals surface area contributed by atoms with Crippen molar-refractivity contribution in [2.75, 3.05) is 0 Å². The van der Waals surface area contributed by atoms with E-state index < -0.39 is 5.97 Å². The van der Waals surface area contributed by atoms with E-state index in [-0.39, 0.29) is 17.0 Å². The molecule has 0 atom stereocenters. The van der Waals surface area contributed by atoms with Crippen molar-refractivity contribution >= 4 is 30.2 Å². The molecule has 0 saturated carbocycles. The summed E-state index contributed by atoms with van der Waals surface area (Å²) in [5.74, 6) is -1.11. The van der Waals surface area contributed by atoms with Crippen LogP contribution in [0.25, 0.3) is 0 Å². The monoisotopic (exact) mass is 227 g/mol. The van der Waals surface area contributed by atoms with Gasteiger partial charge in [-0.3, -0.25) is 0 Å². The Labute approximate surface area is 91.3 Å². The van der Waals surface area contributed by atoms with Crippen LogP contribution in [-0.2, 0) is 5.88 Å². The third kappa shape index (κ3) is 1.84. The van der Waals surface area contributed by atoms with Crippen molar-refractivity contribution in [3.8, 4) is 6.07 Å². The van der Waals surface area contributed by atoms with Gasteiger partial charge < -0.3 is 5.11 Å². The lowest BCUT2D eigenvalue weighted by Crippen LogP contribution is -2.03. The van der Waals surface area contributed by atoms with E-state index in [0.717, 1.165) is 0 Å². The van der Waals surface area contributed by atoms with E-state index in [4.69, 9.17) is 22.0 Å². The van der Waals surface area contributed by atoms with Crippen LogP contribution >= 0.6 is 24.2 Å². The summed E-state index contributed by atoms with van der Waals surface area (Å²) >= 11 is 9.63. The molecule has 0 aliphatic carbocycles. The molecule has 0 aliphatic heterocycles. The van der Waals surface area contributed by atoms with Gasteiger partial charge in [0.05, 0.1) is 11.1 Å². The number of halogens is 1. The SMILES string of the molecule is N#Cc1c(S)ccc(C(=O)O)c1CCl. The number of benzene rings is 1. The third-order valence-electron chi connectivity index (χ3n) is 1.77. The van der Waals surface area contributed by atoms with Crippen molar-refractivity contribution in [2.24, 2.45) is 0 Å². The van der Waals surface area contributed by atoms with Gasteiger partial charge in [-0.25, -0.2) is 4.79 Å². The Balaban J connectivity index is 3.50. The van der Waals surface area contributed by atoms with Crippen LogP contribution in [0.15, 0.2) is 17.0 Å². The van der Waals surface area contributed by atoms with Crippen molar-refractivity contribution in [2.45, 2.75) is 10.8 Å². The highest BCUT2D eigenvalue weighted by Crippen LogP contribution is 2.23. The Morgan fingerprint density at radius 3 is 2.71 bits per heavy atom. The summed E-state index contributed by atoms with van der Waals surface area (Å²) in [6.45, 7) is 0. The quantitative estimate of drug-likeness (QED) is 0.602. The molecule has 0 spiro atoms. The van der Waals surface area contributed by atoms with Gasteiger partial charge in [0.15, 0.2) is 0 Å². The molecular formula is C9H6ClNO2S. The number of nitriles is 1. The topological polar surface area (TPSA) is 61.1 Å². The largest absolute Gasteiger partial charge is 0.478 e. The van der Waals surface area contributed by atoms with Gasteiger partial charge in [-0.15, -0.1) is 24.2 Å². The smallest absolute Gasteiger partial charge is 0.336 e. The lowest BCUT2D eigenvalue weighted by Gasteiger charge is -2.06. The zero-order valence-electron chi connectivity index (χ0n) is 6.99. The fourth-order valence-electron chi connectivity index (χ4n) is 1.10. The molecule has 0 bridgehead atoms. The van der Waals surface area contributed by atoms with Crippen molar-refractivity contribution in [1.29, 1.82) is 5.26 Å². The molecule has 0 heterocycles. The number of carboxylic acid groups (broad SMARTS) is 1. The summed E-state index contributed by atoms with van der Waals surface area (Å²) in [4.78, 5) is 11.2. The molecule has 0 radical (unpaired) electrons. The van der Waals surface area contributed by atoms with E-state index in [9.17, 15) is 4.79 Å². The molecule has 14 heavy (non-hydrogen) atoms. The van der Waals surface area contributed by atoms with E-state index >= 15 is 0 Å². The predicted molar refractivity (Wildman–Crippen MR) is 54.9 cm³/mol. The molecule has 1 aromatic carbocycles. The fourth-order valence-corrected chi connectivity index (χ4v) is 1.64. The highest BCUT2D eigenvalue weighted by molar-refractivity contribution is 7.80. The van der Waals surface area contributed by atoms with Crippen LogP contribution in [-0.4, -0.2) is 11.1 Å². The number of hydrogen-bond acceptors (Lipinski definition) is 3. The molecule has 1 rings (SSSR count). The third-order valence-corrected chi connectivity index (χ3v) is 2.41. The molecule has 1 aromatic rings. The van der Waals surface area contributed by atoms with Gasteiger partial charge in [0.2, 0.25) is 0 Å². The minimum absolute atomic E-state index is 0.0150. The van der Waals surface area contributed by atoms with Gasteiger partial charge >= 0.3 is 5.97 Å². The standard InChI is InChI=1S/C9H6ClNO2S/c10-3-6-5(9(12)13)1-2-8(14)7(6)4-11/h1-2,14H,3H2,(H,12,13).